The molecule has 1 unspecified atom stereocenters. The van der Waals surface area contributed by atoms with Gasteiger partial charge in [0.2, 0.25) is 11.0 Å². The molecule has 1 aliphatic rings. The van der Waals surface area contributed by atoms with Crippen LogP contribution in [0, 0.1) is 6.92 Å². The van der Waals surface area contributed by atoms with Crippen molar-refractivity contribution in [1.29, 1.82) is 0 Å². The largest absolute Gasteiger partial charge is 0.497 e. The van der Waals surface area contributed by atoms with Gasteiger partial charge in [0.25, 0.3) is 0 Å². The number of amides is 3. The van der Waals surface area contributed by atoms with E-state index in [1.807, 2.05) is 55.5 Å². The van der Waals surface area contributed by atoms with Crippen LogP contribution in [0.1, 0.15) is 18.4 Å². The number of likely N-dealkylation sites (tertiary alicyclic amines) is 1. The summed E-state index contributed by atoms with van der Waals surface area (Å²) >= 11 is 1.28. The van der Waals surface area contributed by atoms with Crippen LogP contribution in [0.15, 0.2) is 48.5 Å². The van der Waals surface area contributed by atoms with Crippen molar-refractivity contribution in [3.05, 3.63) is 54.1 Å². The Labute approximate surface area is 184 Å². The van der Waals surface area contributed by atoms with Crippen molar-refractivity contribution in [1.82, 2.24) is 15.1 Å². The molecule has 0 spiro atoms. The molecule has 31 heavy (non-hydrogen) atoms. The first-order chi connectivity index (χ1) is 15.0. The van der Waals surface area contributed by atoms with E-state index in [9.17, 15) is 9.59 Å². The average Bonchev–Trinajstić information content (AvgIpc) is 3.44. The van der Waals surface area contributed by atoms with Gasteiger partial charge in [-0.25, -0.2) is 4.79 Å². The summed E-state index contributed by atoms with van der Waals surface area (Å²) < 4.78 is 5.24. The molecule has 4 rings (SSSR count). The zero-order valence-electron chi connectivity index (χ0n) is 17.3. The van der Waals surface area contributed by atoms with E-state index in [2.05, 4.69) is 20.8 Å². The van der Waals surface area contributed by atoms with E-state index in [0.29, 0.717) is 28.8 Å². The van der Waals surface area contributed by atoms with Crippen molar-refractivity contribution in [3.63, 3.8) is 0 Å². The zero-order chi connectivity index (χ0) is 21.8. The average molecular weight is 438 g/mol. The van der Waals surface area contributed by atoms with Crippen molar-refractivity contribution in [2.24, 2.45) is 0 Å². The van der Waals surface area contributed by atoms with Crippen LogP contribution in [0.25, 0.3) is 10.6 Å². The molecule has 0 aliphatic carbocycles. The Bertz CT molecular complexity index is 1100. The Morgan fingerprint density at radius 2 is 1.97 bits per heavy atom. The third-order valence-corrected chi connectivity index (χ3v) is 5.95. The topological polar surface area (TPSA) is 96.5 Å². The minimum absolute atomic E-state index is 0.259. The quantitative estimate of drug-likeness (QED) is 0.625. The maximum atomic E-state index is 12.9. The highest BCUT2D eigenvalue weighted by molar-refractivity contribution is 7.18. The van der Waals surface area contributed by atoms with Crippen LogP contribution >= 0.6 is 11.3 Å². The Hall–Kier alpha value is -3.46. The summed E-state index contributed by atoms with van der Waals surface area (Å²) in [6.45, 7) is 2.49. The molecular weight excluding hydrogens is 414 g/mol. The molecule has 0 radical (unpaired) electrons. The molecule has 1 aliphatic heterocycles. The molecule has 8 nitrogen and oxygen atoms in total. The lowest BCUT2D eigenvalue weighted by Gasteiger charge is -2.23. The van der Waals surface area contributed by atoms with Crippen molar-refractivity contribution in [2.75, 3.05) is 24.3 Å². The molecule has 160 valence electrons. The van der Waals surface area contributed by atoms with Crippen molar-refractivity contribution < 1.29 is 14.3 Å². The van der Waals surface area contributed by atoms with Crippen LogP contribution in [-0.2, 0) is 4.79 Å². The number of carbonyl (C=O) groups excluding carboxylic acids is 2. The van der Waals surface area contributed by atoms with Crippen LogP contribution < -0.4 is 15.4 Å². The van der Waals surface area contributed by atoms with Gasteiger partial charge in [-0.15, -0.1) is 10.2 Å². The highest BCUT2D eigenvalue weighted by atomic mass is 32.1. The standard InChI is InChI=1S/C22H23N5O3S/c1-14-6-3-8-16(12-14)23-22(29)27-11-5-10-18(27)19(28)24-21-26-25-20(31-21)15-7-4-9-17(13-15)30-2/h3-4,6-9,12-13,18H,5,10-11H2,1-2H3,(H,23,29)(H,24,26,28). The van der Waals surface area contributed by atoms with E-state index in [4.69, 9.17) is 4.74 Å². The number of urea groups is 1. The number of nitrogens with one attached hydrogen (secondary N) is 2. The molecule has 9 heteroatoms. The number of methoxy groups -OCH3 is 1. The molecule has 2 N–H and O–H groups in total. The van der Waals surface area contributed by atoms with Crippen LogP contribution in [0.4, 0.5) is 15.6 Å². The van der Waals surface area contributed by atoms with Gasteiger partial charge in [0.1, 0.15) is 16.8 Å². The summed E-state index contributed by atoms with van der Waals surface area (Å²) in [6.07, 6.45) is 1.37. The summed E-state index contributed by atoms with van der Waals surface area (Å²) in [5.74, 6) is 0.463. The molecular formula is C22H23N5O3S. The molecule has 1 atom stereocenters. The normalized spacial score (nSPS) is 15.5. The molecule has 1 fully saturated rings. The number of hydrogen-bond donors (Lipinski definition) is 2. The fourth-order valence-corrected chi connectivity index (χ4v) is 4.28. The van der Waals surface area contributed by atoms with Crippen LogP contribution in [0.2, 0.25) is 0 Å². The number of benzene rings is 2. The third kappa shape index (κ3) is 4.83. The molecule has 3 amide bonds. The lowest BCUT2D eigenvalue weighted by molar-refractivity contribution is -0.119. The minimum Gasteiger partial charge on any atom is -0.497 e. The lowest BCUT2D eigenvalue weighted by atomic mass is 10.2. The zero-order valence-corrected chi connectivity index (χ0v) is 18.1. The number of hydrogen-bond acceptors (Lipinski definition) is 6. The van der Waals surface area contributed by atoms with E-state index in [1.54, 1.807) is 12.0 Å². The second-order valence-electron chi connectivity index (χ2n) is 7.28. The number of aryl methyl sites for hydroxylation is 1. The number of ether oxygens (including phenoxy) is 1. The lowest BCUT2D eigenvalue weighted by Crippen LogP contribution is -2.45. The monoisotopic (exact) mass is 437 g/mol. The first-order valence-electron chi connectivity index (χ1n) is 9.96. The maximum absolute atomic E-state index is 12.9. The summed E-state index contributed by atoms with van der Waals surface area (Å²) in [6, 6.07) is 14.2. The summed E-state index contributed by atoms with van der Waals surface area (Å²) in [4.78, 5) is 27.2. The second-order valence-corrected chi connectivity index (χ2v) is 8.26. The van der Waals surface area contributed by atoms with Gasteiger partial charge in [-0.3, -0.25) is 10.1 Å². The second kappa shape index (κ2) is 9.13. The first kappa shape index (κ1) is 20.8. The van der Waals surface area contributed by atoms with E-state index in [0.717, 1.165) is 23.3 Å². The van der Waals surface area contributed by atoms with Gasteiger partial charge in [0, 0.05) is 17.8 Å². The van der Waals surface area contributed by atoms with Gasteiger partial charge >= 0.3 is 6.03 Å². The smallest absolute Gasteiger partial charge is 0.322 e. The van der Waals surface area contributed by atoms with Crippen LogP contribution in [0.3, 0.4) is 0 Å². The van der Waals surface area contributed by atoms with Crippen molar-refractivity contribution in [3.8, 4) is 16.3 Å². The Kier molecular flexibility index (Phi) is 6.13. The minimum atomic E-state index is -0.547. The predicted octanol–water partition coefficient (Wildman–Crippen LogP) is 4.16. The van der Waals surface area contributed by atoms with E-state index in [1.165, 1.54) is 11.3 Å². The molecule has 1 aromatic heterocycles. The van der Waals surface area contributed by atoms with Gasteiger partial charge in [-0.05, 0) is 49.6 Å². The molecule has 0 bridgehead atoms. The van der Waals surface area contributed by atoms with Gasteiger partial charge in [0.15, 0.2) is 0 Å². The molecule has 2 heterocycles. The summed E-state index contributed by atoms with van der Waals surface area (Å²) in [5, 5.41) is 15.0. The van der Waals surface area contributed by atoms with E-state index in [-0.39, 0.29) is 11.9 Å². The van der Waals surface area contributed by atoms with Gasteiger partial charge < -0.3 is 15.0 Å². The predicted molar refractivity (Wildman–Crippen MR) is 120 cm³/mol. The fraction of sp³-hybridized carbons (Fsp3) is 0.273. The highest BCUT2D eigenvalue weighted by Gasteiger charge is 2.34. The highest BCUT2D eigenvalue weighted by Crippen LogP contribution is 2.29. The fourth-order valence-electron chi connectivity index (χ4n) is 3.54. The Morgan fingerprint density at radius 1 is 1.13 bits per heavy atom. The van der Waals surface area contributed by atoms with Crippen LogP contribution in [-0.4, -0.2) is 46.7 Å². The number of aromatic nitrogens is 2. The van der Waals surface area contributed by atoms with Crippen molar-refractivity contribution >= 4 is 34.1 Å². The van der Waals surface area contributed by atoms with E-state index >= 15 is 0 Å². The Morgan fingerprint density at radius 3 is 2.77 bits per heavy atom. The van der Waals surface area contributed by atoms with E-state index < -0.39 is 6.04 Å². The number of anilines is 2. The molecule has 0 saturated carbocycles. The number of rotatable bonds is 5. The first-order valence-corrected chi connectivity index (χ1v) is 10.8. The van der Waals surface area contributed by atoms with Gasteiger partial charge in [-0.1, -0.05) is 35.6 Å². The maximum Gasteiger partial charge on any atom is 0.322 e. The number of carbonyl (C=O) groups is 2. The van der Waals surface area contributed by atoms with Gasteiger partial charge in [0.05, 0.1) is 7.11 Å². The van der Waals surface area contributed by atoms with Gasteiger partial charge in [-0.2, -0.15) is 0 Å². The SMILES string of the molecule is COc1cccc(-c2nnc(NC(=O)C3CCCN3C(=O)Nc3cccc(C)c3)s2)c1. The third-order valence-electron chi connectivity index (χ3n) is 5.06. The number of nitrogens with zero attached hydrogens (tertiary/aromatic N) is 3. The summed E-state index contributed by atoms with van der Waals surface area (Å²) in [5.41, 5.74) is 2.62. The molecule has 2 aromatic carbocycles. The van der Waals surface area contributed by atoms with Crippen LogP contribution in [0.5, 0.6) is 5.75 Å². The molecule has 1 saturated heterocycles. The Balaban J connectivity index is 1.42. The summed E-state index contributed by atoms with van der Waals surface area (Å²) in [7, 11) is 1.60. The van der Waals surface area contributed by atoms with Crippen molar-refractivity contribution in [2.45, 2.75) is 25.8 Å². The molecule has 3 aromatic rings.